The Bertz CT molecular complexity index is 122. The predicted molar refractivity (Wildman–Crippen MR) is 39.1 cm³/mol. The van der Waals surface area contributed by atoms with Crippen LogP contribution in [0, 0.1) is 0 Å². The minimum atomic E-state index is -1.16. The molecule has 1 N–H and O–H groups in total. The Hall–Kier alpha value is -0.610. The zero-order valence-electron chi connectivity index (χ0n) is 7.03. The van der Waals surface area contributed by atoms with E-state index in [1.165, 1.54) is 7.11 Å². The van der Waals surface area contributed by atoms with Crippen LogP contribution in [-0.2, 0) is 14.3 Å². The van der Waals surface area contributed by atoms with Crippen molar-refractivity contribution in [3.8, 4) is 0 Å². The molecule has 0 rings (SSSR count). The second kappa shape index (κ2) is 5.09. The van der Waals surface area contributed by atoms with Gasteiger partial charge in [-0.3, -0.25) is 0 Å². The molecule has 0 aliphatic carbocycles. The average molecular weight is 162 g/mol. The summed E-state index contributed by atoms with van der Waals surface area (Å²) in [6, 6.07) is 0. The molecule has 0 aromatic carbocycles. The van der Waals surface area contributed by atoms with E-state index >= 15 is 0 Å². The molecule has 0 aliphatic heterocycles. The molecule has 0 bridgehead atoms. The van der Waals surface area contributed by atoms with E-state index in [0.717, 1.165) is 0 Å². The van der Waals surface area contributed by atoms with Crippen LogP contribution in [0.4, 0.5) is 0 Å². The Kier molecular flexibility index (Phi) is 4.81. The van der Waals surface area contributed by atoms with Gasteiger partial charge < -0.3 is 14.6 Å². The molecule has 11 heavy (non-hydrogen) atoms. The van der Waals surface area contributed by atoms with Gasteiger partial charge in [-0.1, -0.05) is 0 Å². The summed E-state index contributed by atoms with van der Waals surface area (Å²) in [5.74, 6) is -0.661. The van der Waals surface area contributed by atoms with Gasteiger partial charge in [-0.25, -0.2) is 4.79 Å². The number of ether oxygens (including phenoxy) is 2. The van der Waals surface area contributed by atoms with Gasteiger partial charge in [0.05, 0.1) is 19.8 Å². The summed E-state index contributed by atoms with van der Waals surface area (Å²) in [5.41, 5.74) is 0. The van der Waals surface area contributed by atoms with Crippen molar-refractivity contribution < 1.29 is 19.4 Å². The van der Waals surface area contributed by atoms with Crippen LogP contribution >= 0.6 is 0 Å². The number of esters is 1. The highest BCUT2D eigenvalue weighted by atomic mass is 16.5. The van der Waals surface area contributed by atoms with E-state index in [1.807, 2.05) is 13.8 Å². The van der Waals surface area contributed by atoms with E-state index in [9.17, 15) is 4.79 Å². The first-order valence-electron chi connectivity index (χ1n) is 3.45. The maximum atomic E-state index is 10.6. The number of hydrogen-bond donors (Lipinski definition) is 1. The molecule has 4 heteroatoms. The number of methoxy groups -OCH3 is 1. The number of carbonyl (C=O) groups excluding carboxylic acids is 1. The highest BCUT2D eigenvalue weighted by Gasteiger charge is 2.15. The molecule has 0 saturated carbocycles. The Morgan fingerprint density at radius 2 is 2.09 bits per heavy atom. The summed E-state index contributed by atoms with van der Waals surface area (Å²) in [5, 5.41) is 8.97. The lowest BCUT2D eigenvalue weighted by Gasteiger charge is -2.10. The van der Waals surface area contributed by atoms with E-state index < -0.39 is 12.1 Å². The van der Waals surface area contributed by atoms with Crippen molar-refractivity contribution in [2.75, 3.05) is 13.7 Å². The lowest BCUT2D eigenvalue weighted by Crippen LogP contribution is -2.28. The lowest BCUT2D eigenvalue weighted by atomic mass is 10.4. The predicted octanol–water partition coefficient (Wildman–Crippen LogP) is -0.0547. The Morgan fingerprint density at radius 1 is 1.55 bits per heavy atom. The maximum Gasteiger partial charge on any atom is 0.337 e. The van der Waals surface area contributed by atoms with Gasteiger partial charge in [0.1, 0.15) is 0 Å². The van der Waals surface area contributed by atoms with E-state index in [-0.39, 0.29) is 12.7 Å². The van der Waals surface area contributed by atoms with Crippen molar-refractivity contribution in [3.05, 3.63) is 0 Å². The van der Waals surface area contributed by atoms with E-state index in [0.29, 0.717) is 0 Å². The van der Waals surface area contributed by atoms with E-state index in [4.69, 9.17) is 9.84 Å². The number of rotatable bonds is 4. The summed E-state index contributed by atoms with van der Waals surface area (Å²) < 4.78 is 9.25. The third-order valence-electron chi connectivity index (χ3n) is 1.06. The van der Waals surface area contributed by atoms with E-state index in [2.05, 4.69) is 4.74 Å². The van der Waals surface area contributed by atoms with Crippen molar-refractivity contribution in [2.45, 2.75) is 26.1 Å². The van der Waals surface area contributed by atoms with Crippen LogP contribution in [0.3, 0.4) is 0 Å². The number of carbonyl (C=O) groups is 1. The minimum Gasteiger partial charge on any atom is -0.467 e. The fourth-order valence-electron chi connectivity index (χ4n) is 0.488. The highest BCUT2D eigenvalue weighted by molar-refractivity contribution is 5.74. The lowest BCUT2D eigenvalue weighted by molar-refractivity contribution is -0.154. The van der Waals surface area contributed by atoms with Gasteiger partial charge >= 0.3 is 5.97 Å². The van der Waals surface area contributed by atoms with Gasteiger partial charge in [0.2, 0.25) is 0 Å². The van der Waals surface area contributed by atoms with Gasteiger partial charge in [0.15, 0.2) is 6.10 Å². The molecule has 0 aromatic heterocycles. The van der Waals surface area contributed by atoms with Crippen LogP contribution in [0.2, 0.25) is 0 Å². The molecular weight excluding hydrogens is 148 g/mol. The minimum absolute atomic E-state index is 0.00862. The van der Waals surface area contributed by atoms with Gasteiger partial charge in [0.25, 0.3) is 0 Å². The first kappa shape index (κ1) is 10.4. The summed E-state index contributed by atoms with van der Waals surface area (Å²) in [7, 11) is 1.22. The Balaban J connectivity index is 3.52. The van der Waals surface area contributed by atoms with Crippen LogP contribution in [0.15, 0.2) is 0 Å². The second-order valence-electron chi connectivity index (χ2n) is 2.42. The largest absolute Gasteiger partial charge is 0.467 e. The first-order valence-corrected chi connectivity index (χ1v) is 3.45. The number of aliphatic hydroxyl groups excluding tert-OH is 1. The zero-order valence-corrected chi connectivity index (χ0v) is 7.03. The quantitative estimate of drug-likeness (QED) is 0.589. The van der Waals surface area contributed by atoms with Crippen LogP contribution in [0.25, 0.3) is 0 Å². The molecule has 0 saturated heterocycles. The number of aliphatic hydroxyl groups is 1. The summed E-state index contributed by atoms with van der Waals surface area (Å²) in [6.07, 6.45) is -1.16. The molecule has 0 aliphatic rings. The summed E-state index contributed by atoms with van der Waals surface area (Å²) in [4.78, 5) is 10.6. The van der Waals surface area contributed by atoms with Crippen LogP contribution in [0.5, 0.6) is 0 Å². The smallest absolute Gasteiger partial charge is 0.337 e. The first-order chi connectivity index (χ1) is 5.07. The van der Waals surface area contributed by atoms with Gasteiger partial charge in [-0.05, 0) is 13.8 Å². The summed E-state index contributed by atoms with van der Waals surface area (Å²) in [6.45, 7) is 3.64. The topological polar surface area (TPSA) is 55.8 Å². The van der Waals surface area contributed by atoms with Crippen LogP contribution in [-0.4, -0.2) is 37.0 Å². The SMILES string of the molecule is COC(=O)[C@@H](O)COC(C)C. The maximum absolute atomic E-state index is 10.6. The van der Waals surface area contributed by atoms with Crippen molar-refractivity contribution in [1.82, 2.24) is 0 Å². The zero-order chi connectivity index (χ0) is 8.85. The van der Waals surface area contributed by atoms with E-state index in [1.54, 1.807) is 0 Å². The molecule has 0 fully saturated rings. The molecule has 4 nitrogen and oxygen atoms in total. The van der Waals surface area contributed by atoms with Crippen LogP contribution < -0.4 is 0 Å². The average Bonchev–Trinajstić information content (AvgIpc) is 1.98. The molecular formula is C7H14O4. The molecule has 0 spiro atoms. The third kappa shape index (κ3) is 4.75. The second-order valence-corrected chi connectivity index (χ2v) is 2.42. The standard InChI is InChI=1S/C7H14O4/c1-5(2)11-4-6(8)7(9)10-3/h5-6,8H,4H2,1-3H3/t6-/m0/s1. The molecule has 0 radical (unpaired) electrons. The van der Waals surface area contributed by atoms with Crippen molar-refractivity contribution in [2.24, 2.45) is 0 Å². The molecule has 66 valence electrons. The molecule has 0 heterocycles. The normalized spacial score (nSPS) is 13.2. The Morgan fingerprint density at radius 3 is 2.45 bits per heavy atom. The molecule has 1 atom stereocenters. The molecule has 0 unspecified atom stereocenters. The molecule has 0 aromatic rings. The monoisotopic (exact) mass is 162 g/mol. The number of hydrogen-bond acceptors (Lipinski definition) is 4. The third-order valence-corrected chi connectivity index (χ3v) is 1.06. The molecule has 0 amide bonds. The van der Waals surface area contributed by atoms with Gasteiger partial charge in [-0.15, -0.1) is 0 Å². The van der Waals surface area contributed by atoms with Crippen molar-refractivity contribution in [1.29, 1.82) is 0 Å². The highest BCUT2D eigenvalue weighted by Crippen LogP contribution is 1.93. The summed E-state index contributed by atoms with van der Waals surface area (Å²) >= 11 is 0. The van der Waals surface area contributed by atoms with Crippen molar-refractivity contribution in [3.63, 3.8) is 0 Å². The fourth-order valence-corrected chi connectivity index (χ4v) is 0.488. The Labute approximate surface area is 66.1 Å². The van der Waals surface area contributed by atoms with Gasteiger partial charge in [0, 0.05) is 0 Å². The van der Waals surface area contributed by atoms with Crippen LogP contribution in [0.1, 0.15) is 13.8 Å². The fraction of sp³-hybridized carbons (Fsp3) is 0.857. The van der Waals surface area contributed by atoms with Crippen molar-refractivity contribution >= 4 is 5.97 Å². The van der Waals surface area contributed by atoms with Gasteiger partial charge in [-0.2, -0.15) is 0 Å².